The number of pyridine rings is 1. The molecule has 170 valence electrons. The number of aromatic nitrogens is 2. The molecule has 0 saturated carbocycles. The third-order valence-corrected chi connectivity index (χ3v) is 5.98. The molecule has 8 nitrogen and oxygen atoms in total. The summed E-state index contributed by atoms with van der Waals surface area (Å²) in [6.45, 7) is 6.45. The highest BCUT2D eigenvalue weighted by molar-refractivity contribution is 5.99. The highest BCUT2D eigenvalue weighted by Crippen LogP contribution is 2.23. The lowest BCUT2D eigenvalue weighted by molar-refractivity contribution is -0.148. The minimum atomic E-state index is -0.320. The Balaban J connectivity index is 1.49. The van der Waals surface area contributed by atoms with Crippen LogP contribution in [0.5, 0.6) is 0 Å². The van der Waals surface area contributed by atoms with Crippen LogP contribution in [0, 0.1) is 31.1 Å². The Bertz CT molecular complexity index is 983. The van der Waals surface area contributed by atoms with Gasteiger partial charge in [-0.15, -0.1) is 0 Å². The number of methoxy groups -OCH3 is 1. The van der Waals surface area contributed by atoms with Gasteiger partial charge in [-0.1, -0.05) is 0 Å². The third kappa shape index (κ3) is 5.54. The molecule has 2 aromatic rings. The quantitative estimate of drug-likeness (QED) is 0.337. The van der Waals surface area contributed by atoms with E-state index in [9.17, 15) is 9.59 Å². The monoisotopic (exact) mass is 438 g/mol. The van der Waals surface area contributed by atoms with Gasteiger partial charge in [0.1, 0.15) is 11.9 Å². The summed E-state index contributed by atoms with van der Waals surface area (Å²) in [4.78, 5) is 31.6. The van der Waals surface area contributed by atoms with Crippen LogP contribution < -0.4 is 4.90 Å². The molecule has 32 heavy (non-hydrogen) atoms. The van der Waals surface area contributed by atoms with Crippen molar-refractivity contribution in [1.29, 1.82) is 5.26 Å². The van der Waals surface area contributed by atoms with E-state index in [4.69, 9.17) is 14.7 Å². The molecular weight excluding hydrogens is 408 g/mol. The molecule has 8 heteroatoms. The number of hydrogen-bond acceptors (Lipinski definition) is 7. The second-order valence-electron chi connectivity index (χ2n) is 8.09. The lowest BCUT2D eigenvalue weighted by Crippen LogP contribution is -2.37. The van der Waals surface area contributed by atoms with Crippen molar-refractivity contribution in [1.82, 2.24) is 9.55 Å². The number of anilines is 1. The Hall–Kier alpha value is -3.18. The van der Waals surface area contributed by atoms with Gasteiger partial charge in [0.2, 0.25) is 5.78 Å². The Morgan fingerprint density at radius 1 is 1.25 bits per heavy atom. The maximum absolute atomic E-state index is 12.7. The molecule has 0 bridgehead atoms. The number of ether oxygens (including phenoxy) is 2. The fourth-order valence-electron chi connectivity index (χ4n) is 4.11. The number of piperidine rings is 1. The molecule has 1 fully saturated rings. The normalized spacial score (nSPS) is 14.2. The maximum atomic E-state index is 12.7. The minimum absolute atomic E-state index is 0.177. The molecule has 3 heterocycles. The molecule has 0 atom stereocenters. The number of aryl methyl sites for hydroxylation is 1. The topological polar surface area (TPSA) is 97.5 Å². The number of carbonyl (C=O) groups excluding carboxylic acids is 2. The van der Waals surface area contributed by atoms with E-state index in [-0.39, 0.29) is 24.3 Å². The van der Waals surface area contributed by atoms with E-state index in [0.717, 1.165) is 30.2 Å². The lowest BCUT2D eigenvalue weighted by Gasteiger charge is -2.31. The smallest absolute Gasteiger partial charge is 0.309 e. The van der Waals surface area contributed by atoms with Crippen molar-refractivity contribution in [3.8, 4) is 6.07 Å². The zero-order valence-electron chi connectivity index (χ0n) is 19.0. The summed E-state index contributed by atoms with van der Waals surface area (Å²) in [5.41, 5.74) is 3.03. The van der Waals surface area contributed by atoms with Crippen LogP contribution in [-0.2, 0) is 20.8 Å². The van der Waals surface area contributed by atoms with E-state index in [0.29, 0.717) is 43.7 Å². The zero-order valence-corrected chi connectivity index (χ0v) is 19.0. The van der Waals surface area contributed by atoms with Crippen molar-refractivity contribution in [3.05, 3.63) is 46.9 Å². The molecule has 1 aliphatic heterocycles. The predicted octanol–water partition coefficient (Wildman–Crippen LogP) is 3.05. The van der Waals surface area contributed by atoms with Crippen LogP contribution in [0.4, 0.5) is 5.82 Å². The van der Waals surface area contributed by atoms with Gasteiger partial charge in [-0.25, -0.2) is 4.98 Å². The first-order valence-corrected chi connectivity index (χ1v) is 10.9. The molecular formula is C24H30N4O4. The number of carbonyl (C=O) groups is 2. The molecule has 3 rings (SSSR count). The van der Waals surface area contributed by atoms with Gasteiger partial charge in [0, 0.05) is 56.5 Å². The number of hydrogen-bond donors (Lipinski definition) is 0. The number of nitriles is 1. The van der Waals surface area contributed by atoms with Gasteiger partial charge in [0.25, 0.3) is 0 Å². The molecule has 0 unspecified atom stereocenters. The van der Waals surface area contributed by atoms with Crippen LogP contribution in [0.3, 0.4) is 0 Å². The Morgan fingerprint density at radius 3 is 2.62 bits per heavy atom. The lowest BCUT2D eigenvalue weighted by atomic mass is 9.97. The molecule has 0 spiro atoms. The van der Waals surface area contributed by atoms with Crippen molar-refractivity contribution < 1.29 is 19.1 Å². The van der Waals surface area contributed by atoms with E-state index in [1.165, 1.54) is 0 Å². The van der Waals surface area contributed by atoms with Gasteiger partial charge in [-0.3, -0.25) is 9.59 Å². The van der Waals surface area contributed by atoms with E-state index in [1.807, 2.05) is 26.0 Å². The summed E-state index contributed by atoms with van der Waals surface area (Å²) < 4.78 is 12.6. The molecule has 0 radical (unpaired) electrons. The average Bonchev–Trinajstić information content (AvgIpc) is 3.11. The number of ketones is 1. The average molecular weight is 439 g/mol. The van der Waals surface area contributed by atoms with Crippen LogP contribution in [0.2, 0.25) is 0 Å². The Morgan fingerprint density at radius 2 is 2.00 bits per heavy atom. The van der Waals surface area contributed by atoms with Gasteiger partial charge in [-0.2, -0.15) is 5.26 Å². The summed E-state index contributed by atoms with van der Waals surface area (Å²) >= 11 is 0. The van der Waals surface area contributed by atoms with Gasteiger partial charge in [-0.05, 0) is 51.3 Å². The van der Waals surface area contributed by atoms with Crippen LogP contribution in [0.1, 0.15) is 46.6 Å². The summed E-state index contributed by atoms with van der Waals surface area (Å²) in [7, 11) is 1.67. The maximum Gasteiger partial charge on any atom is 0.309 e. The van der Waals surface area contributed by atoms with Crippen molar-refractivity contribution in [2.75, 3.05) is 38.3 Å². The van der Waals surface area contributed by atoms with Crippen molar-refractivity contribution in [3.63, 3.8) is 0 Å². The van der Waals surface area contributed by atoms with Crippen LogP contribution in [0.15, 0.2) is 24.4 Å². The van der Waals surface area contributed by atoms with Crippen LogP contribution in [-0.4, -0.2) is 54.7 Å². The van der Waals surface area contributed by atoms with Gasteiger partial charge < -0.3 is 18.9 Å². The second kappa shape index (κ2) is 10.9. The third-order valence-electron chi connectivity index (χ3n) is 5.98. The first kappa shape index (κ1) is 23.5. The van der Waals surface area contributed by atoms with E-state index in [1.54, 1.807) is 19.4 Å². The van der Waals surface area contributed by atoms with E-state index < -0.39 is 0 Å². The predicted molar refractivity (Wildman–Crippen MR) is 120 cm³/mol. The first-order valence-electron chi connectivity index (χ1n) is 10.9. The number of esters is 1. The Labute approximate surface area is 188 Å². The van der Waals surface area contributed by atoms with Gasteiger partial charge in [0.15, 0.2) is 6.61 Å². The highest BCUT2D eigenvalue weighted by Gasteiger charge is 2.27. The largest absolute Gasteiger partial charge is 0.457 e. The number of rotatable bonds is 9. The minimum Gasteiger partial charge on any atom is -0.457 e. The molecule has 2 aromatic heterocycles. The van der Waals surface area contributed by atoms with Gasteiger partial charge in [0.05, 0.1) is 11.5 Å². The standard InChI is InChI=1S/C24H30N4O4/c1-17-13-21(18(2)28(17)9-4-12-31-3)22(29)16-32-24(30)20-7-10-27(11-8-20)23-6-5-19(14-25)15-26-23/h5-6,13,15,20H,4,7-12,16H2,1-3H3. The molecule has 0 aromatic carbocycles. The number of Topliss-reactive ketones (excluding diaryl/α,β-unsaturated/α-hetero) is 1. The fraction of sp³-hybridized carbons (Fsp3) is 0.500. The fourth-order valence-corrected chi connectivity index (χ4v) is 4.11. The van der Waals surface area contributed by atoms with Gasteiger partial charge >= 0.3 is 5.97 Å². The Kier molecular flexibility index (Phi) is 8.01. The highest BCUT2D eigenvalue weighted by atomic mass is 16.5. The molecule has 0 aliphatic carbocycles. The van der Waals surface area contributed by atoms with Crippen LogP contribution >= 0.6 is 0 Å². The SMILES string of the molecule is COCCCn1c(C)cc(C(=O)COC(=O)C2CCN(c3ccc(C#N)cn3)CC2)c1C. The van der Waals surface area contributed by atoms with Crippen LogP contribution in [0.25, 0.3) is 0 Å². The molecule has 0 N–H and O–H groups in total. The zero-order chi connectivity index (χ0) is 23.1. The molecule has 1 saturated heterocycles. The van der Waals surface area contributed by atoms with E-state index >= 15 is 0 Å². The second-order valence-corrected chi connectivity index (χ2v) is 8.09. The summed E-state index contributed by atoms with van der Waals surface area (Å²) in [6, 6.07) is 7.48. The molecule has 0 amide bonds. The first-order chi connectivity index (χ1) is 15.4. The van der Waals surface area contributed by atoms with Crippen molar-refractivity contribution in [2.45, 2.75) is 39.7 Å². The number of nitrogens with zero attached hydrogens (tertiary/aromatic N) is 4. The van der Waals surface area contributed by atoms with Crippen molar-refractivity contribution in [2.24, 2.45) is 5.92 Å². The van der Waals surface area contributed by atoms with E-state index in [2.05, 4.69) is 20.5 Å². The summed E-state index contributed by atoms with van der Waals surface area (Å²) in [5.74, 6) is 0.0779. The summed E-state index contributed by atoms with van der Waals surface area (Å²) in [5, 5.41) is 8.89. The molecule has 1 aliphatic rings. The van der Waals surface area contributed by atoms with Crippen molar-refractivity contribution >= 4 is 17.6 Å². The summed E-state index contributed by atoms with van der Waals surface area (Å²) in [6.07, 6.45) is 3.70.